The second-order valence-electron chi connectivity index (χ2n) is 12.1. The molecule has 8 rings (SSSR count). The lowest BCUT2D eigenvalue weighted by Crippen LogP contribution is -2.32. The summed E-state index contributed by atoms with van der Waals surface area (Å²) < 4.78 is 30.1. The van der Waals surface area contributed by atoms with Gasteiger partial charge in [0.05, 0.1) is 52.8 Å². The van der Waals surface area contributed by atoms with Crippen molar-refractivity contribution < 1.29 is 62.9 Å². The van der Waals surface area contributed by atoms with E-state index in [1.165, 1.54) is 0 Å². The molecule has 4 aliphatic heterocycles. The van der Waals surface area contributed by atoms with Crippen LogP contribution in [-0.2, 0) is 72.3 Å². The molecule has 0 amide bonds. The molecule has 0 aromatic heterocycles. The molecule has 0 atom stereocenters. The molecule has 18 heteroatoms. The Kier molecular flexibility index (Phi) is 16.1. The van der Waals surface area contributed by atoms with E-state index in [1.807, 2.05) is 54.6 Å². The summed E-state index contributed by atoms with van der Waals surface area (Å²) in [6.45, 7) is 2.23. The summed E-state index contributed by atoms with van der Waals surface area (Å²) in [6.07, 6.45) is 4.05. The number of ether oxygens (including phenoxy) is 2. The Morgan fingerprint density at radius 3 is 1.52 bits per heavy atom. The summed E-state index contributed by atoms with van der Waals surface area (Å²) in [5.41, 5.74) is 9.91. The van der Waals surface area contributed by atoms with Crippen molar-refractivity contribution in [2.45, 2.75) is 39.5 Å². The molecule has 4 heterocycles. The first-order chi connectivity index (χ1) is 25.7. The van der Waals surface area contributed by atoms with E-state index < -0.39 is 34.4 Å². The van der Waals surface area contributed by atoms with Crippen molar-refractivity contribution in [1.29, 1.82) is 0 Å². The molecule has 5 N–H and O–H groups in total. The van der Waals surface area contributed by atoms with Gasteiger partial charge in [0.2, 0.25) is 0 Å². The molecule has 4 aliphatic rings. The van der Waals surface area contributed by atoms with Crippen LogP contribution >= 0.6 is 12.4 Å². The number of aldehydes is 1. The minimum atomic E-state index is -0.972. The Labute approximate surface area is 320 Å². The van der Waals surface area contributed by atoms with Crippen molar-refractivity contribution >= 4 is 81.1 Å². The summed E-state index contributed by atoms with van der Waals surface area (Å²) in [6, 6.07) is 22.3. The molecule has 0 radical (unpaired) electrons. The fourth-order valence-corrected chi connectivity index (χ4v) is 6.33. The van der Waals surface area contributed by atoms with Crippen LogP contribution in [0.1, 0.15) is 49.3 Å². The van der Waals surface area contributed by atoms with Crippen molar-refractivity contribution in [3.8, 4) is 0 Å². The monoisotopic (exact) mass is 758 g/mol. The van der Waals surface area contributed by atoms with Crippen LogP contribution in [0, 0.1) is 0 Å². The number of methoxy groups -OCH3 is 2. The third-order valence-electron chi connectivity index (χ3n) is 8.76. The summed E-state index contributed by atoms with van der Waals surface area (Å²) in [4.78, 5) is 21.1. The van der Waals surface area contributed by atoms with Gasteiger partial charge in [-0.15, -0.1) is 12.4 Å². The number of benzene rings is 4. The molecule has 0 unspecified atom stereocenters. The van der Waals surface area contributed by atoms with E-state index in [1.54, 1.807) is 44.7 Å². The highest BCUT2D eigenvalue weighted by Gasteiger charge is 2.32. The Hall–Kier alpha value is -4.25. The molecule has 0 saturated carbocycles. The van der Waals surface area contributed by atoms with E-state index in [9.17, 15) is 29.7 Å². The number of carboxylic acids is 1. The number of hydrogen-bond acceptors (Lipinski definition) is 12. The molecule has 13 nitrogen and oxygen atoms in total. The molecule has 280 valence electrons. The van der Waals surface area contributed by atoms with Gasteiger partial charge in [-0.3, -0.25) is 9.59 Å². The number of carbonyl (C=O) groups excluding carboxylic acids is 1. The minimum Gasteiger partial charge on any atom is -0.504 e. The second-order valence-corrected chi connectivity index (χ2v) is 12.1. The normalized spacial score (nSPS) is 14.3. The third kappa shape index (κ3) is 10.3. The molecular formula is C36H39B4ClO13. The summed E-state index contributed by atoms with van der Waals surface area (Å²) in [5, 5.41) is 46.5. The van der Waals surface area contributed by atoms with Crippen molar-refractivity contribution in [2.24, 2.45) is 0 Å². The number of carboxylic acid groups (broad SMARTS) is 1. The quantitative estimate of drug-likeness (QED) is 0.0981. The van der Waals surface area contributed by atoms with Gasteiger partial charge in [0.25, 0.3) is 0 Å². The lowest BCUT2D eigenvalue weighted by atomic mass is 9.75. The molecule has 4 aromatic carbocycles. The Morgan fingerprint density at radius 1 is 0.648 bits per heavy atom. The molecule has 0 saturated heterocycles. The predicted molar refractivity (Wildman–Crippen MR) is 206 cm³/mol. The molecule has 4 aromatic rings. The average molecular weight is 758 g/mol. The third-order valence-corrected chi connectivity index (χ3v) is 8.76. The Bertz CT molecular complexity index is 1930. The van der Waals surface area contributed by atoms with Gasteiger partial charge in [0, 0.05) is 12.7 Å². The van der Waals surface area contributed by atoms with Gasteiger partial charge < -0.3 is 53.3 Å². The lowest BCUT2D eigenvalue weighted by Gasteiger charge is -2.06. The number of fused-ring (bicyclic) bond motifs is 4. The largest absolute Gasteiger partial charge is 0.504 e. The van der Waals surface area contributed by atoms with Crippen LogP contribution < -0.4 is 21.9 Å². The van der Waals surface area contributed by atoms with E-state index in [4.69, 9.17) is 33.2 Å². The number of hydrogen-bond donors (Lipinski definition) is 5. The van der Waals surface area contributed by atoms with Crippen LogP contribution in [-0.4, -0.2) is 80.2 Å². The Balaban J connectivity index is 0.000000160. The van der Waals surface area contributed by atoms with Crippen LogP contribution in [0.25, 0.3) is 6.08 Å². The number of halogens is 1. The van der Waals surface area contributed by atoms with Gasteiger partial charge in [0.1, 0.15) is 6.29 Å². The second kappa shape index (κ2) is 20.4. The van der Waals surface area contributed by atoms with Crippen molar-refractivity contribution in [1.82, 2.24) is 0 Å². The number of carbonyl (C=O) groups is 2. The van der Waals surface area contributed by atoms with Gasteiger partial charge in [-0.05, 0) is 66.9 Å². The van der Waals surface area contributed by atoms with Crippen molar-refractivity contribution in [2.75, 3.05) is 14.2 Å². The SMILES string of the molecule is CO/C=C/c1cccc2c1B(O)OC2.COCc1cccc2c1B(O)OC2.Cl.O=C(O)Cc1cccc2c1B(O)OC2.O=Cc1cccc2c1B(O)OC2. The molecule has 0 spiro atoms. The van der Waals surface area contributed by atoms with E-state index in [-0.39, 0.29) is 18.8 Å². The van der Waals surface area contributed by atoms with Gasteiger partial charge in [0.15, 0.2) is 0 Å². The molecule has 54 heavy (non-hydrogen) atoms. The average Bonchev–Trinajstić information content (AvgIpc) is 3.95. The van der Waals surface area contributed by atoms with E-state index in [0.29, 0.717) is 55.1 Å². The van der Waals surface area contributed by atoms with Crippen LogP contribution in [0.2, 0.25) is 0 Å². The maximum atomic E-state index is 10.6. The first kappa shape index (κ1) is 42.5. The van der Waals surface area contributed by atoms with Gasteiger partial charge in [-0.25, -0.2) is 0 Å². The van der Waals surface area contributed by atoms with E-state index in [0.717, 1.165) is 50.6 Å². The van der Waals surface area contributed by atoms with Crippen LogP contribution in [0.3, 0.4) is 0 Å². The molecular weight excluding hydrogens is 719 g/mol. The van der Waals surface area contributed by atoms with Crippen molar-refractivity contribution in [3.05, 3.63) is 124 Å². The lowest BCUT2D eigenvalue weighted by molar-refractivity contribution is -0.136. The Morgan fingerprint density at radius 2 is 1.06 bits per heavy atom. The van der Waals surface area contributed by atoms with E-state index in [2.05, 4.69) is 0 Å². The zero-order chi connectivity index (χ0) is 37.9. The zero-order valence-corrected chi connectivity index (χ0v) is 30.4. The van der Waals surface area contributed by atoms with Crippen LogP contribution in [0.4, 0.5) is 0 Å². The van der Waals surface area contributed by atoms with E-state index >= 15 is 0 Å². The number of rotatable bonds is 7. The molecule has 0 fully saturated rings. The van der Waals surface area contributed by atoms with Gasteiger partial charge in [-0.2, -0.15) is 0 Å². The van der Waals surface area contributed by atoms with Gasteiger partial charge in [-0.1, -0.05) is 72.8 Å². The summed E-state index contributed by atoms with van der Waals surface area (Å²) in [5.74, 6) is -0.905. The first-order valence-electron chi connectivity index (χ1n) is 16.7. The zero-order valence-electron chi connectivity index (χ0n) is 29.6. The standard InChI is InChI=1S/C10H11BO3.C9H9BO4.C9H11BO3.C8H7BO3.ClH/c1-13-6-5-8-3-2-4-9-7-14-11(12)10(8)9;11-8(12)4-6-2-1-3-7-5-14-10(13)9(6)7;1-12-5-7-3-2-4-8-6-13-10(11)9(7)8;10-4-6-2-1-3-7-5-12-9(11)8(6)7;/h2-6,12H,7H2,1H3;1-3,13H,4-5H2,(H,11,12);2-4,11H,5-6H2,1H3;1-4,11H,5H2;1H/b6-5+;;;;. The number of aliphatic carboxylic acids is 1. The topological polar surface area (TPSA) is 191 Å². The summed E-state index contributed by atoms with van der Waals surface area (Å²) in [7, 11) is -0.250. The highest BCUT2D eigenvalue weighted by atomic mass is 35.5. The highest BCUT2D eigenvalue weighted by Crippen LogP contribution is 2.16. The fraction of sp³-hybridized carbons (Fsp3) is 0.222. The van der Waals surface area contributed by atoms with Gasteiger partial charge >= 0.3 is 34.4 Å². The maximum Gasteiger partial charge on any atom is 0.492 e. The maximum absolute atomic E-state index is 10.6. The van der Waals surface area contributed by atoms with Crippen LogP contribution in [0.5, 0.6) is 0 Å². The molecule has 0 bridgehead atoms. The summed E-state index contributed by atoms with van der Waals surface area (Å²) >= 11 is 0. The fourth-order valence-electron chi connectivity index (χ4n) is 6.33. The van der Waals surface area contributed by atoms with Crippen LogP contribution in [0.15, 0.2) is 79.1 Å². The highest BCUT2D eigenvalue weighted by molar-refractivity contribution is 6.63. The minimum absolute atomic E-state index is 0. The predicted octanol–water partition coefficient (Wildman–Crippen LogP) is 0.242. The smallest absolute Gasteiger partial charge is 0.492 e. The van der Waals surface area contributed by atoms with Crippen molar-refractivity contribution in [3.63, 3.8) is 0 Å². The molecule has 0 aliphatic carbocycles. The first-order valence-corrected chi connectivity index (χ1v) is 16.7.